The molecule has 0 saturated heterocycles. The quantitative estimate of drug-likeness (QED) is 0.408. The molecular formula is C26H26Cl2N2O3. The third kappa shape index (κ3) is 7.32. The van der Waals surface area contributed by atoms with E-state index in [1.165, 1.54) is 0 Å². The molecule has 0 bridgehead atoms. The van der Waals surface area contributed by atoms with Crippen molar-refractivity contribution in [2.24, 2.45) is 0 Å². The minimum atomic E-state index is -0.807. The number of amides is 2. The first-order chi connectivity index (χ1) is 16.0. The summed E-state index contributed by atoms with van der Waals surface area (Å²) in [5, 5.41) is 4.09. The standard InChI is InChI=1S/C26H26Cl2N2O3/c1-33-16-15-29-26(32)25(21-5-3-2-4-6-21)30(18-20-9-13-23(28)14-10-20)24(31)17-19-7-11-22(27)12-8-19/h2-14,25H,15-18H2,1H3,(H,29,32)/t25-/m0/s1. The van der Waals surface area contributed by atoms with E-state index < -0.39 is 6.04 Å². The van der Waals surface area contributed by atoms with Gasteiger partial charge in [-0.15, -0.1) is 0 Å². The number of hydrogen-bond acceptors (Lipinski definition) is 3. The summed E-state index contributed by atoms with van der Waals surface area (Å²) in [4.78, 5) is 28.5. The molecule has 0 aromatic heterocycles. The van der Waals surface area contributed by atoms with Crippen LogP contribution in [-0.4, -0.2) is 37.0 Å². The highest BCUT2D eigenvalue weighted by Crippen LogP contribution is 2.25. The van der Waals surface area contributed by atoms with Gasteiger partial charge in [-0.2, -0.15) is 0 Å². The van der Waals surface area contributed by atoms with Gasteiger partial charge in [-0.25, -0.2) is 0 Å². The average molecular weight is 485 g/mol. The van der Waals surface area contributed by atoms with E-state index in [0.29, 0.717) is 23.2 Å². The van der Waals surface area contributed by atoms with Crippen molar-refractivity contribution in [3.8, 4) is 0 Å². The molecule has 3 aromatic rings. The van der Waals surface area contributed by atoms with Crippen molar-refractivity contribution in [1.82, 2.24) is 10.2 Å². The number of halogens is 2. The zero-order valence-electron chi connectivity index (χ0n) is 18.3. The van der Waals surface area contributed by atoms with E-state index in [1.807, 2.05) is 54.6 Å². The highest BCUT2D eigenvalue weighted by Gasteiger charge is 2.31. The van der Waals surface area contributed by atoms with Crippen LogP contribution < -0.4 is 5.32 Å². The molecule has 1 atom stereocenters. The minimum Gasteiger partial charge on any atom is -0.383 e. The Morgan fingerprint density at radius 1 is 0.879 bits per heavy atom. The van der Waals surface area contributed by atoms with E-state index in [-0.39, 0.29) is 24.8 Å². The fraction of sp³-hybridized carbons (Fsp3) is 0.231. The maximum Gasteiger partial charge on any atom is 0.247 e. The molecule has 1 N–H and O–H groups in total. The average Bonchev–Trinajstić information content (AvgIpc) is 2.82. The molecule has 0 spiro atoms. The Labute approximate surface area is 204 Å². The number of nitrogens with zero attached hydrogens (tertiary/aromatic N) is 1. The fourth-order valence-corrected chi connectivity index (χ4v) is 3.72. The van der Waals surface area contributed by atoms with Crippen LogP contribution in [0.4, 0.5) is 0 Å². The van der Waals surface area contributed by atoms with Gasteiger partial charge in [0.15, 0.2) is 0 Å². The van der Waals surface area contributed by atoms with Crippen LogP contribution in [0.3, 0.4) is 0 Å². The van der Waals surface area contributed by atoms with Crippen LogP contribution in [-0.2, 0) is 27.3 Å². The van der Waals surface area contributed by atoms with Crippen molar-refractivity contribution in [2.75, 3.05) is 20.3 Å². The number of ether oxygens (including phenoxy) is 1. The molecule has 33 heavy (non-hydrogen) atoms. The Morgan fingerprint density at radius 2 is 1.45 bits per heavy atom. The van der Waals surface area contributed by atoms with Gasteiger partial charge in [0, 0.05) is 30.2 Å². The van der Waals surface area contributed by atoms with E-state index in [9.17, 15) is 9.59 Å². The van der Waals surface area contributed by atoms with Gasteiger partial charge in [0.25, 0.3) is 0 Å². The Kier molecular flexibility index (Phi) is 9.31. The maximum absolute atomic E-state index is 13.6. The molecule has 0 unspecified atom stereocenters. The molecule has 0 radical (unpaired) electrons. The summed E-state index contributed by atoms with van der Waals surface area (Å²) in [5.41, 5.74) is 2.41. The molecule has 0 fully saturated rings. The lowest BCUT2D eigenvalue weighted by molar-refractivity contribution is -0.141. The van der Waals surface area contributed by atoms with Gasteiger partial charge in [0.1, 0.15) is 6.04 Å². The van der Waals surface area contributed by atoms with Gasteiger partial charge >= 0.3 is 0 Å². The van der Waals surface area contributed by atoms with E-state index in [0.717, 1.165) is 16.7 Å². The molecule has 0 aliphatic carbocycles. The molecule has 0 saturated carbocycles. The summed E-state index contributed by atoms with van der Waals surface area (Å²) in [6.45, 7) is 0.975. The Morgan fingerprint density at radius 3 is 2.03 bits per heavy atom. The molecule has 3 rings (SSSR count). The summed E-state index contributed by atoms with van der Waals surface area (Å²) in [5.74, 6) is -0.445. The van der Waals surface area contributed by atoms with E-state index in [1.54, 1.807) is 36.3 Å². The topological polar surface area (TPSA) is 58.6 Å². The van der Waals surface area contributed by atoms with Crippen molar-refractivity contribution in [2.45, 2.75) is 19.0 Å². The van der Waals surface area contributed by atoms with Crippen LogP contribution in [0.1, 0.15) is 22.7 Å². The molecular weight excluding hydrogens is 459 g/mol. The predicted octanol–water partition coefficient (Wildman–Crippen LogP) is 5.07. The first-order valence-corrected chi connectivity index (χ1v) is 11.3. The largest absolute Gasteiger partial charge is 0.383 e. The third-order valence-electron chi connectivity index (χ3n) is 5.14. The molecule has 5 nitrogen and oxygen atoms in total. The molecule has 172 valence electrons. The summed E-state index contributed by atoms with van der Waals surface area (Å²) in [7, 11) is 1.57. The maximum atomic E-state index is 13.6. The second kappa shape index (κ2) is 12.4. The minimum absolute atomic E-state index is 0.138. The second-order valence-electron chi connectivity index (χ2n) is 7.55. The van der Waals surface area contributed by atoms with E-state index >= 15 is 0 Å². The molecule has 3 aromatic carbocycles. The lowest BCUT2D eigenvalue weighted by Gasteiger charge is -2.32. The number of rotatable bonds is 10. The van der Waals surface area contributed by atoms with Crippen LogP contribution in [0.2, 0.25) is 10.0 Å². The van der Waals surface area contributed by atoms with Gasteiger partial charge in [0.05, 0.1) is 13.0 Å². The number of methoxy groups -OCH3 is 1. The Balaban J connectivity index is 1.96. The Bertz CT molecular complexity index is 1040. The van der Waals surface area contributed by atoms with Crippen LogP contribution >= 0.6 is 23.2 Å². The van der Waals surface area contributed by atoms with Gasteiger partial charge in [0.2, 0.25) is 11.8 Å². The summed E-state index contributed by atoms with van der Waals surface area (Å²) in [6, 6.07) is 22.9. The molecule has 0 aliphatic rings. The van der Waals surface area contributed by atoms with E-state index in [4.69, 9.17) is 27.9 Å². The van der Waals surface area contributed by atoms with Crippen molar-refractivity contribution < 1.29 is 14.3 Å². The summed E-state index contributed by atoms with van der Waals surface area (Å²) >= 11 is 12.0. The SMILES string of the molecule is COCCNC(=O)[C@H](c1ccccc1)N(Cc1ccc(Cl)cc1)C(=O)Cc1ccc(Cl)cc1. The van der Waals surface area contributed by atoms with Crippen LogP contribution in [0.5, 0.6) is 0 Å². The number of nitrogens with one attached hydrogen (secondary N) is 1. The zero-order chi connectivity index (χ0) is 23.6. The highest BCUT2D eigenvalue weighted by atomic mass is 35.5. The first-order valence-electron chi connectivity index (χ1n) is 10.6. The molecule has 7 heteroatoms. The van der Waals surface area contributed by atoms with Gasteiger partial charge in [-0.3, -0.25) is 9.59 Å². The lowest BCUT2D eigenvalue weighted by atomic mass is 10.0. The molecule has 2 amide bonds. The van der Waals surface area contributed by atoms with Gasteiger partial charge in [-0.1, -0.05) is 77.8 Å². The van der Waals surface area contributed by atoms with Crippen molar-refractivity contribution in [3.05, 3.63) is 106 Å². The highest BCUT2D eigenvalue weighted by molar-refractivity contribution is 6.30. The first kappa shape index (κ1) is 24.8. The van der Waals surface area contributed by atoms with Gasteiger partial charge in [-0.05, 0) is 41.0 Å². The monoisotopic (exact) mass is 484 g/mol. The summed E-state index contributed by atoms with van der Waals surface area (Å²) < 4.78 is 5.06. The molecule has 0 aliphatic heterocycles. The smallest absolute Gasteiger partial charge is 0.247 e. The third-order valence-corrected chi connectivity index (χ3v) is 5.64. The lowest BCUT2D eigenvalue weighted by Crippen LogP contribution is -2.44. The number of carbonyl (C=O) groups is 2. The normalized spacial score (nSPS) is 11.6. The van der Waals surface area contributed by atoms with Crippen molar-refractivity contribution in [1.29, 1.82) is 0 Å². The van der Waals surface area contributed by atoms with Crippen LogP contribution in [0, 0.1) is 0 Å². The summed E-state index contributed by atoms with van der Waals surface area (Å²) in [6.07, 6.45) is 0.138. The van der Waals surface area contributed by atoms with E-state index in [2.05, 4.69) is 5.32 Å². The number of benzene rings is 3. The van der Waals surface area contributed by atoms with Crippen LogP contribution in [0.25, 0.3) is 0 Å². The fourth-order valence-electron chi connectivity index (χ4n) is 3.47. The van der Waals surface area contributed by atoms with Crippen molar-refractivity contribution in [3.63, 3.8) is 0 Å². The molecule has 0 heterocycles. The number of hydrogen-bond donors (Lipinski definition) is 1. The van der Waals surface area contributed by atoms with Crippen LogP contribution in [0.15, 0.2) is 78.9 Å². The zero-order valence-corrected chi connectivity index (χ0v) is 19.9. The van der Waals surface area contributed by atoms with Gasteiger partial charge < -0.3 is 15.0 Å². The second-order valence-corrected chi connectivity index (χ2v) is 8.42. The predicted molar refractivity (Wildman–Crippen MR) is 131 cm³/mol. The Hall–Kier alpha value is -2.86. The number of carbonyl (C=O) groups excluding carboxylic acids is 2. The van der Waals surface area contributed by atoms with Crippen molar-refractivity contribution >= 4 is 35.0 Å².